The Bertz CT molecular complexity index is 464. The van der Waals surface area contributed by atoms with Crippen molar-refractivity contribution >= 4 is 6.03 Å². The Labute approximate surface area is 126 Å². The second-order valence-electron chi connectivity index (χ2n) is 5.81. The Kier molecular flexibility index (Phi) is 5.20. The van der Waals surface area contributed by atoms with Gasteiger partial charge in [0, 0.05) is 27.7 Å². The van der Waals surface area contributed by atoms with Gasteiger partial charge in [-0.25, -0.2) is 9.80 Å². The SMILES string of the molecule is CN(C)C(=O)N(C)N1CCC(O)C1CCc1ccccc1. The molecule has 1 aliphatic rings. The van der Waals surface area contributed by atoms with Gasteiger partial charge < -0.3 is 10.0 Å². The van der Waals surface area contributed by atoms with Crippen molar-refractivity contribution in [3.63, 3.8) is 0 Å². The number of benzene rings is 1. The standard InChI is InChI=1S/C16H25N3O2/c1-17(2)16(21)18(3)19-12-11-15(20)14(19)10-9-13-7-5-4-6-8-13/h4-8,14-15,20H,9-12H2,1-3H3. The van der Waals surface area contributed by atoms with E-state index in [0.717, 1.165) is 19.4 Å². The number of carbonyl (C=O) groups excluding carboxylic acids is 1. The van der Waals surface area contributed by atoms with Crippen LogP contribution >= 0.6 is 0 Å². The molecule has 0 radical (unpaired) electrons. The highest BCUT2D eigenvalue weighted by Gasteiger charge is 2.36. The number of hydrogen-bond acceptors (Lipinski definition) is 3. The van der Waals surface area contributed by atoms with Crippen LogP contribution in [0.4, 0.5) is 4.79 Å². The molecule has 1 aromatic rings. The smallest absolute Gasteiger partial charge is 0.333 e. The molecule has 2 unspecified atom stereocenters. The lowest BCUT2D eigenvalue weighted by Gasteiger charge is -2.35. The molecular formula is C16H25N3O2. The number of aliphatic hydroxyl groups is 1. The minimum Gasteiger partial charge on any atom is -0.391 e. The number of aliphatic hydroxyl groups excluding tert-OH is 1. The highest BCUT2D eigenvalue weighted by molar-refractivity contribution is 5.73. The summed E-state index contributed by atoms with van der Waals surface area (Å²) in [4.78, 5) is 13.6. The predicted molar refractivity (Wildman–Crippen MR) is 82.7 cm³/mol. The number of hydrogen-bond donors (Lipinski definition) is 1. The minimum atomic E-state index is -0.369. The van der Waals surface area contributed by atoms with E-state index in [9.17, 15) is 9.90 Å². The van der Waals surface area contributed by atoms with Crippen molar-refractivity contribution in [2.24, 2.45) is 0 Å². The van der Waals surface area contributed by atoms with Crippen LogP contribution in [0.5, 0.6) is 0 Å². The average molecular weight is 291 g/mol. The Morgan fingerprint density at radius 1 is 1.29 bits per heavy atom. The van der Waals surface area contributed by atoms with Gasteiger partial charge in [-0.05, 0) is 24.8 Å². The molecule has 2 amide bonds. The number of nitrogens with zero attached hydrogens (tertiary/aromatic N) is 3. The van der Waals surface area contributed by atoms with Crippen LogP contribution in [0.2, 0.25) is 0 Å². The maximum Gasteiger partial charge on any atom is 0.333 e. The molecule has 2 atom stereocenters. The molecule has 1 fully saturated rings. The van der Waals surface area contributed by atoms with Gasteiger partial charge in [0.05, 0.1) is 12.1 Å². The molecule has 1 aliphatic heterocycles. The minimum absolute atomic E-state index is 0.000828. The van der Waals surface area contributed by atoms with Crippen LogP contribution in [0.15, 0.2) is 30.3 Å². The summed E-state index contributed by atoms with van der Waals surface area (Å²) in [7, 11) is 5.25. The van der Waals surface area contributed by atoms with Crippen LogP contribution in [0.1, 0.15) is 18.4 Å². The van der Waals surface area contributed by atoms with E-state index < -0.39 is 0 Å². The van der Waals surface area contributed by atoms with Crippen LogP contribution in [0, 0.1) is 0 Å². The van der Waals surface area contributed by atoms with Crippen molar-refractivity contribution in [1.82, 2.24) is 14.9 Å². The number of urea groups is 1. The monoisotopic (exact) mass is 291 g/mol. The summed E-state index contributed by atoms with van der Waals surface area (Å²) in [6.07, 6.45) is 2.09. The van der Waals surface area contributed by atoms with Crippen LogP contribution in [0.25, 0.3) is 0 Å². The van der Waals surface area contributed by atoms with E-state index in [4.69, 9.17) is 0 Å². The zero-order valence-corrected chi connectivity index (χ0v) is 13.1. The van der Waals surface area contributed by atoms with E-state index in [0.29, 0.717) is 6.42 Å². The van der Waals surface area contributed by atoms with E-state index in [1.807, 2.05) is 23.2 Å². The maximum absolute atomic E-state index is 12.1. The fraction of sp³-hybridized carbons (Fsp3) is 0.562. The Balaban J connectivity index is 2.00. The second kappa shape index (κ2) is 6.91. The Morgan fingerprint density at radius 3 is 2.57 bits per heavy atom. The Morgan fingerprint density at radius 2 is 1.95 bits per heavy atom. The topological polar surface area (TPSA) is 47.0 Å². The van der Waals surface area contributed by atoms with Gasteiger partial charge in [-0.2, -0.15) is 0 Å². The highest BCUT2D eigenvalue weighted by Crippen LogP contribution is 2.24. The van der Waals surface area contributed by atoms with Gasteiger partial charge in [0.1, 0.15) is 0 Å². The molecule has 5 nitrogen and oxygen atoms in total. The van der Waals surface area contributed by atoms with Crippen LogP contribution in [-0.2, 0) is 6.42 Å². The molecule has 1 heterocycles. The van der Waals surface area contributed by atoms with E-state index in [-0.39, 0.29) is 18.2 Å². The molecule has 0 aromatic heterocycles. The summed E-state index contributed by atoms with van der Waals surface area (Å²) in [5.41, 5.74) is 1.26. The van der Waals surface area contributed by atoms with Crippen LogP contribution in [0.3, 0.4) is 0 Å². The molecule has 1 saturated heterocycles. The highest BCUT2D eigenvalue weighted by atomic mass is 16.3. The van der Waals surface area contributed by atoms with Crippen molar-refractivity contribution in [2.45, 2.75) is 31.4 Å². The normalized spacial score (nSPS) is 22.3. The average Bonchev–Trinajstić information content (AvgIpc) is 2.85. The van der Waals surface area contributed by atoms with Crippen molar-refractivity contribution < 1.29 is 9.90 Å². The van der Waals surface area contributed by atoms with Gasteiger partial charge in [-0.1, -0.05) is 30.3 Å². The number of hydrazine groups is 1. The molecule has 0 aliphatic carbocycles. The molecule has 5 heteroatoms. The molecule has 2 rings (SSSR count). The van der Waals surface area contributed by atoms with Gasteiger partial charge >= 0.3 is 6.03 Å². The lowest BCUT2D eigenvalue weighted by Crippen LogP contribution is -2.51. The van der Waals surface area contributed by atoms with Crippen molar-refractivity contribution in [1.29, 1.82) is 0 Å². The first-order valence-electron chi connectivity index (χ1n) is 7.44. The number of carbonyl (C=O) groups is 1. The van der Waals surface area contributed by atoms with Crippen molar-refractivity contribution in [2.75, 3.05) is 27.7 Å². The van der Waals surface area contributed by atoms with Crippen LogP contribution < -0.4 is 0 Å². The molecule has 1 N–H and O–H groups in total. The first-order chi connectivity index (χ1) is 10.0. The summed E-state index contributed by atoms with van der Waals surface area (Å²) >= 11 is 0. The third-order valence-corrected chi connectivity index (χ3v) is 4.10. The van der Waals surface area contributed by atoms with Crippen LogP contribution in [-0.4, -0.2) is 65.9 Å². The molecule has 21 heavy (non-hydrogen) atoms. The lowest BCUT2D eigenvalue weighted by molar-refractivity contribution is -0.0132. The fourth-order valence-corrected chi connectivity index (χ4v) is 2.89. The zero-order valence-electron chi connectivity index (χ0n) is 13.1. The second-order valence-corrected chi connectivity index (χ2v) is 5.81. The van der Waals surface area contributed by atoms with Gasteiger partial charge in [-0.3, -0.25) is 5.01 Å². The molecule has 0 spiro atoms. The summed E-state index contributed by atoms with van der Waals surface area (Å²) < 4.78 is 0. The third-order valence-electron chi connectivity index (χ3n) is 4.10. The molecule has 0 bridgehead atoms. The van der Waals surface area contributed by atoms with Gasteiger partial charge in [0.2, 0.25) is 0 Å². The maximum atomic E-state index is 12.1. The van der Waals surface area contributed by atoms with E-state index >= 15 is 0 Å². The fourth-order valence-electron chi connectivity index (χ4n) is 2.89. The number of amides is 2. The van der Waals surface area contributed by atoms with Crippen molar-refractivity contribution in [3.8, 4) is 0 Å². The van der Waals surface area contributed by atoms with E-state index in [1.54, 1.807) is 31.1 Å². The quantitative estimate of drug-likeness (QED) is 0.916. The molecule has 116 valence electrons. The summed E-state index contributed by atoms with van der Waals surface area (Å²) in [5, 5.41) is 13.8. The molecule has 1 aromatic carbocycles. The first-order valence-corrected chi connectivity index (χ1v) is 7.44. The van der Waals surface area contributed by atoms with Gasteiger partial charge in [0.25, 0.3) is 0 Å². The van der Waals surface area contributed by atoms with Crippen molar-refractivity contribution in [3.05, 3.63) is 35.9 Å². The largest absolute Gasteiger partial charge is 0.391 e. The first kappa shape index (κ1) is 15.8. The number of aryl methyl sites for hydroxylation is 1. The van der Waals surface area contributed by atoms with E-state index in [1.165, 1.54) is 5.56 Å². The predicted octanol–water partition coefficient (Wildman–Crippen LogP) is 1.58. The third kappa shape index (κ3) is 3.74. The van der Waals surface area contributed by atoms with E-state index in [2.05, 4.69) is 12.1 Å². The lowest BCUT2D eigenvalue weighted by atomic mass is 10.0. The summed E-state index contributed by atoms with van der Waals surface area (Å²) in [6.45, 7) is 0.719. The summed E-state index contributed by atoms with van der Waals surface area (Å²) in [6, 6.07) is 10.2. The number of rotatable bonds is 4. The Hall–Kier alpha value is -1.59. The van der Waals surface area contributed by atoms with Gasteiger partial charge in [0.15, 0.2) is 0 Å². The summed E-state index contributed by atoms with van der Waals surface area (Å²) in [5.74, 6) is 0. The van der Waals surface area contributed by atoms with Gasteiger partial charge in [-0.15, -0.1) is 0 Å². The molecule has 0 saturated carbocycles. The zero-order chi connectivity index (χ0) is 15.4. The molecular weight excluding hydrogens is 266 g/mol.